The van der Waals surface area contributed by atoms with Crippen LogP contribution in [0, 0.1) is 0 Å². The summed E-state index contributed by atoms with van der Waals surface area (Å²) in [6, 6.07) is 0. The molecule has 0 rings (SSSR count). The van der Waals surface area contributed by atoms with Gasteiger partial charge < -0.3 is 18.9 Å². The molecular formula is C54H95NO8P+. The predicted octanol–water partition coefficient (Wildman–Crippen LogP) is 15.1. The molecule has 0 amide bonds. The van der Waals surface area contributed by atoms with Crippen LogP contribution >= 0.6 is 7.82 Å². The van der Waals surface area contributed by atoms with Crippen molar-refractivity contribution in [2.24, 2.45) is 0 Å². The number of phosphoric acid groups is 1. The maximum Gasteiger partial charge on any atom is 0.472 e. The topological polar surface area (TPSA) is 108 Å². The summed E-state index contributed by atoms with van der Waals surface area (Å²) in [5.74, 6) is -0.900. The van der Waals surface area contributed by atoms with Crippen LogP contribution in [-0.2, 0) is 32.7 Å². The number of allylic oxidation sites excluding steroid dienone is 14. The van der Waals surface area contributed by atoms with Crippen LogP contribution in [0.3, 0.4) is 0 Å². The number of rotatable bonds is 45. The van der Waals surface area contributed by atoms with Gasteiger partial charge >= 0.3 is 19.8 Å². The predicted molar refractivity (Wildman–Crippen MR) is 270 cm³/mol. The lowest BCUT2D eigenvalue weighted by Gasteiger charge is -2.24. The van der Waals surface area contributed by atoms with E-state index in [1.807, 2.05) is 33.3 Å². The van der Waals surface area contributed by atoms with E-state index in [-0.39, 0.29) is 26.1 Å². The van der Waals surface area contributed by atoms with Gasteiger partial charge in [0.25, 0.3) is 0 Å². The summed E-state index contributed by atoms with van der Waals surface area (Å²) in [4.78, 5) is 35.5. The molecule has 0 aliphatic carbocycles. The van der Waals surface area contributed by atoms with Crippen LogP contribution in [-0.4, -0.2) is 74.9 Å². The number of hydrogen-bond acceptors (Lipinski definition) is 7. The van der Waals surface area contributed by atoms with Gasteiger partial charge in [-0.05, 0) is 77.0 Å². The third kappa shape index (κ3) is 48.6. The highest BCUT2D eigenvalue weighted by atomic mass is 31.2. The van der Waals surface area contributed by atoms with Crippen molar-refractivity contribution in [3.05, 3.63) is 85.1 Å². The molecule has 0 fully saturated rings. The lowest BCUT2D eigenvalue weighted by Crippen LogP contribution is -2.37. The van der Waals surface area contributed by atoms with Gasteiger partial charge in [-0.3, -0.25) is 18.6 Å². The number of unbranched alkanes of at least 4 members (excludes halogenated alkanes) is 17. The minimum absolute atomic E-state index is 0.0167. The number of hydrogen-bond donors (Lipinski definition) is 1. The molecule has 9 nitrogen and oxygen atoms in total. The van der Waals surface area contributed by atoms with Crippen LogP contribution in [0.4, 0.5) is 0 Å². The lowest BCUT2D eigenvalue weighted by molar-refractivity contribution is -0.870. The fourth-order valence-electron chi connectivity index (χ4n) is 6.51. The van der Waals surface area contributed by atoms with Crippen molar-refractivity contribution < 1.29 is 42.1 Å². The first-order chi connectivity index (χ1) is 31.0. The van der Waals surface area contributed by atoms with Gasteiger partial charge in [0.15, 0.2) is 6.10 Å². The molecule has 0 aliphatic rings. The van der Waals surface area contributed by atoms with Crippen molar-refractivity contribution in [3.8, 4) is 0 Å². The first-order valence-corrected chi connectivity index (χ1v) is 26.8. The molecule has 368 valence electrons. The molecule has 0 aromatic heterocycles. The Hall–Kier alpha value is -2.81. The third-order valence-corrected chi connectivity index (χ3v) is 11.4. The Kier molecular flexibility index (Phi) is 43.4. The van der Waals surface area contributed by atoms with Gasteiger partial charge in [-0.15, -0.1) is 0 Å². The average molecular weight is 917 g/mol. The number of carbonyl (C=O) groups excluding carboxylic acids is 2. The molecule has 64 heavy (non-hydrogen) atoms. The van der Waals surface area contributed by atoms with Gasteiger partial charge in [-0.25, -0.2) is 4.57 Å². The summed E-state index contributed by atoms with van der Waals surface area (Å²) in [5.41, 5.74) is 0. The number of likely N-dealkylation sites (N-methyl/N-ethyl adjacent to an activating group) is 1. The minimum atomic E-state index is -4.40. The summed E-state index contributed by atoms with van der Waals surface area (Å²) >= 11 is 0. The second-order valence-electron chi connectivity index (χ2n) is 17.8. The number of phosphoric ester groups is 1. The van der Waals surface area contributed by atoms with E-state index in [1.165, 1.54) is 96.3 Å². The Morgan fingerprint density at radius 2 is 0.922 bits per heavy atom. The van der Waals surface area contributed by atoms with E-state index in [9.17, 15) is 19.0 Å². The standard InChI is InChI=1S/C54H94NO8P/c1-6-8-10-12-14-16-18-20-22-24-26-27-29-31-33-35-37-39-41-43-45-47-54(57)63-52(51-62-64(58,59)61-49-48-55(3,4)5)50-60-53(56)46-44-42-40-38-36-34-32-30-28-25-23-21-19-17-15-13-11-9-7-2/h9,11,15,17,20-23,28,30,34,36,40,42,52H,6-8,10,12-14,16,18-19,24-27,29,31-33,35,37-39,41,43-51H2,1-5H3/p+1/b11-9-,17-15-,22-20-,23-21-,30-28-,36-34-,42-40-/t52-/m1/s1. The molecule has 0 saturated heterocycles. The highest BCUT2D eigenvalue weighted by Gasteiger charge is 2.27. The van der Waals surface area contributed by atoms with E-state index in [0.717, 1.165) is 57.8 Å². The van der Waals surface area contributed by atoms with E-state index in [1.54, 1.807) is 0 Å². The Balaban J connectivity index is 4.37. The van der Waals surface area contributed by atoms with Crippen LogP contribution < -0.4 is 0 Å². The van der Waals surface area contributed by atoms with Crippen molar-refractivity contribution in [3.63, 3.8) is 0 Å². The zero-order valence-corrected chi connectivity index (χ0v) is 42.4. The summed E-state index contributed by atoms with van der Waals surface area (Å²) in [5, 5.41) is 0. The highest BCUT2D eigenvalue weighted by molar-refractivity contribution is 7.47. The van der Waals surface area contributed by atoms with Gasteiger partial charge in [0.05, 0.1) is 27.7 Å². The van der Waals surface area contributed by atoms with E-state index in [4.69, 9.17) is 18.5 Å². The molecule has 0 radical (unpaired) electrons. The molecule has 0 spiro atoms. The second-order valence-corrected chi connectivity index (χ2v) is 19.3. The highest BCUT2D eigenvalue weighted by Crippen LogP contribution is 2.43. The maximum absolute atomic E-state index is 12.8. The SMILES string of the molecule is CC/C=C\C/C=C\C/C=C\C/C=C\C/C=C\C/C=C\CCC(=O)OC[C@H](COP(=O)(O)OCC[N+](C)(C)C)OC(=O)CCCCCCCCCCCCC/C=C\CCCCCCCC. The van der Waals surface area contributed by atoms with E-state index < -0.39 is 32.5 Å². The fourth-order valence-corrected chi connectivity index (χ4v) is 7.25. The van der Waals surface area contributed by atoms with Crippen molar-refractivity contribution in [1.29, 1.82) is 0 Å². The number of quaternary nitrogens is 1. The second kappa shape index (κ2) is 45.4. The van der Waals surface area contributed by atoms with Crippen LogP contribution in [0.15, 0.2) is 85.1 Å². The molecule has 0 aliphatic heterocycles. The minimum Gasteiger partial charge on any atom is -0.462 e. The van der Waals surface area contributed by atoms with Crippen molar-refractivity contribution in [1.82, 2.24) is 0 Å². The van der Waals surface area contributed by atoms with E-state index >= 15 is 0 Å². The number of nitrogens with zero attached hydrogens (tertiary/aromatic N) is 1. The van der Waals surface area contributed by atoms with E-state index in [0.29, 0.717) is 23.9 Å². The lowest BCUT2D eigenvalue weighted by atomic mass is 10.0. The largest absolute Gasteiger partial charge is 0.472 e. The molecular weight excluding hydrogens is 822 g/mol. The molecule has 0 aromatic rings. The van der Waals surface area contributed by atoms with Crippen LogP contribution in [0.5, 0.6) is 0 Å². The normalized spacial score (nSPS) is 14.2. The average Bonchev–Trinajstić information content (AvgIpc) is 3.25. The van der Waals surface area contributed by atoms with E-state index in [2.05, 4.69) is 86.8 Å². The zero-order chi connectivity index (χ0) is 47.1. The summed E-state index contributed by atoms with van der Waals surface area (Å²) < 4.78 is 34.3. The van der Waals surface area contributed by atoms with Gasteiger partial charge in [0.1, 0.15) is 19.8 Å². The third-order valence-electron chi connectivity index (χ3n) is 10.4. The molecule has 1 N–H and O–H groups in total. The Morgan fingerprint density at radius 3 is 1.39 bits per heavy atom. The molecule has 2 atom stereocenters. The van der Waals surface area contributed by atoms with Gasteiger partial charge in [0.2, 0.25) is 0 Å². The van der Waals surface area contributed by atoms with Gasteiger partial charge in [-0.2, -0.15) is 0 Å². The first kappa shape index (κ1) is 61.2. The number of esters is 2. The molecule has 0 bridgehead atoms. The molecule has 0 aromatic carbocycles. The van der Waals surface area contributed by atoms with Crippen LogP contribution in [0.2, 0.25) is 0 Å². The van der Waals surface area contributed by atoms with Gasteiger partial charge in [0, 0.05) is 12.8 Å². The van der Waals surface area contributed by atoms with Crippen molar-refractivity contribution in [2.45, 2.75) is 200 Å². The molecule has 0 heterocycles. The Morgan fingerprint density at radius 1 is 0.500 bits per heavy atom. The fraction of sp³-hybridized carbons (Fsp3) is 0.704. The van der Waals surface area contributed by atoms with Crippen molar-refractivity contribution in [2.75, 3.05) is 47.5 Å². The van der Waals surface area contributed by atoms with Crippen molar-refractivity contribution >= 4 is 19.8 Å². The Labute approximate surface area is 392 Å². The Bertz CT molecular complexity index is 1360. The summed E-state index contributed by atoms with van der Waals surface area (Å²) in [6.07, 6.45) is 59.4. The quantitative estimate of drug-likeness (QED) is 0.0212. The zero-order valence-electron chi connectivity index (χ0n) is 41.5. The van der Waals surface area contributed by atoms with Crippen LogP contribution in [0.1, 0.15) is 194 Å². The number of carbonyl (C=O) groups is 2. The summed E-state index contributed by atoms with van der Waals surface area (Å²) in [7, 11) is 1.43. The molecule has 10 heteroatoms. The molecule has 1 unspecified atom stereocenters. The van der Waals surface area contributed by atoms with Gasteiger partial charge in [-0.1, -0.05) is 189 Å². The maximum atomic E-state index is 12.8. The smallest absolute Gasteiger partial charge is 0.462 e. The molecule has 0 saturated carbocycles. The van der Waals surface area contributed by atoms with Crippen LogP contribution in [0.25, 0.3) is 0 Å². The first-order valence-electron chi connectivity index (χ1n) is 25.3. The summed E-state index contributed by atoms with van der Waals surface area (Å²) in [6.45, 7) is 4.22. The number of ether oxygens (including phenoxy) is 2. The monoisotopic (exact) mass is 917 g/mol.